The van der Waals surface area contributed by atoms with Gasteiger partial charge in [-0.25, -0.2) is 4.52 Å². The molecule has 1 aliphatic heterocycles. The van der Waals surface area contributed by atoms with Crippen LogP contribution < -0.4 is 5.32 Å². The molecule has 2 aliphatic carbocycles. The number of benzene rings is 6. The van der Waals surface area contributed by atoms with Gasteiger partial charge in [0.15, 0.2) is 0 Å². The van der Waals surface area contributed by atoms with Crippen LogP contribution >= 0.6 is 0 Å². The number of nitrogens with zero attached hydrogens (tertiary/aromatic N) is 3. The third kappa shape index (κ3) is 6.96. The summed E-state index contributed by atoms with van der Waals surface area (Å²) < 4.78 is 2.24. The smallest absolute Gasteiger partial charge is 0.145 e. The quantitative estimate of drug-likeness (QED) is 0.167. The van der Waals surface area contributed by atoms with Gasteiger partial charge in [0.1, 0.15) is 6.17 Å². The molecule has 0 radical (unpaired) electrons. The number of aromatic nitrogens is 2. The fourth-order valence-corrected chi connectivity index (χ4v) is 9.30. The minimum Gasteiger partial charge on any atom is -0.360 e. The van der Waals surface area contributed by atoms with Crippen molar-refractivity contribution < 1.29 is 0 Å². The molecule has 0 saturated heterocycles. The van der Waals surface area contributed by atoms with Crippen LogP contribution in [0.3, 0.4) is 0 Å². The minimum absolute atomic E-state index is 0.202. The predicted molar refractivity (Wildman–Crippen MR) is 253 cm³/mol. The molecule has 4 heteroatoms. The zero-order valence-corrected chi connectivity index (χ0v) is 33.8. The Bertz CT molecular complexity index is 3030. The van der Waals surface area contributed by atoms with Crippen molar-refractivity contribution in [2.75, 3.05) is 0 Å². The maximum absolute atomic E-state index is 5.25. The zero-order chi connectivity index (χ0) is 40.5. The van der Waals surface area contributed by atoms with E-state index in [4.69, 9.17) is 10.1 Å². The first-order valence-corrected chi connectivity index (χ1v) is 21.3. The second kappa shape index (κ2) is 15.9. The first-order valence-electron chi connectivity index (χ1n) is 21.3. The number of aryl methyl sites for hydroxylation is 1. The normalized spacial score (nSPS) is 17.0. The van der Waals surface area contributed by atoms with Crippen LogP contribution in [0.15, 0.2) is 211 Å². The summed E-state index contributed by atoms with van der Waals surface area (Å²) in [7, 11) is 0. The van der Waals surface area contributed by atoms with Crippen molar-refractivity contribution in [1.29, 1.82) is 0 Å². The number of aliphatic imine (C=N–C) groups is 1. The Morgan fingerprint density at radius 3 is 1.85 bits per heavy atom. The largest absolute Gasteiger partial charge is 0.360 e. The Kier molecular flexibility index (Phi) is 9.51. The van der Waals surface area contributed by atoms with Gasteiger partial charge in [-0.2, -0.15) is 5.10 Å². The second-order valence-electron chi connectivity index (χ2n) is 16.1. The lowest BCUT2D eigenvalue weighted by atomic mass is 9.80. The van der Waals surface area contributed by atoms with Crippen molar-refractivity contribution in [2.24, 2.45) is 4.99 Å². The summed E-state index contributed by atoms with van der Waals surface area (Å²) in [5.74, 6) is 0.202. The number of hydrogen-bond donors (Lipinski definition) is 1. The van der Waals surface area contributed by atoms with Crippen LogP contribution in [0.2, 0.25) is 0 Å². The topological polar surface area (TPSA) is 41.7 Å². The van der Waals surface area contributed by atoms with Gasteiger partial charge in [-0.3, -0.25) is 4.99 Å². The number of nitrogens with one attached hydrogen (secondary N) is 1. The molecular formula is C57H44N4. The molecule has 11 rings (SSSR count). The molecule has 4 nitrogen and oxygen atoms in total. The molecule has 6 aromatic carbocycles. The lowest BCUT2D eigenvalue weighted by molar-refractivity contribution is 0.664. The Morgan fingerprint density at radius 2 is 1.18 bits per heavy atom. The first kappa shape index (κ1) is 36.5. The van der Waals surface area contributed by atoms with Crippen LogP contribution in [-0.4, -0.2) is 15.3 Å². The van der Waals surface area contributed by atoms with E-state index in [1.54, 1.807) is 0 Å². The van der Waals surface area contributed by atoms with E-state index in [0.717, 1.165) is 47.4 Å². The Balaban J connectivity index is 0.900. The lowest BCUT2D eigenvalue weighted by Gasteiger charge is -2.27. The van der Waals surface area contributed by atoms with Gasteiger partial charge in [0, 0.05) is 22.7 Å². The number of rotatable bonds is 8. The lowest BCUT2D eigenvalue weighted by Crippen LogP contribution is -2.24. The molecule has 0 spiro atoms. The average molecular weight is 785 g/mol. The Labute approximate surface area is 357 Å². The van der Waals surface area contributed by atoms with Crippen LogP contribution in [0, 0.1) is 0 Å². The van der Waals surface area contributed by atoms with Crippen molar-refractivity contribution in [1.82, 2.24) is 14.9 Å². The summed E-state index contributed by atoms with van der Waals surface area (Å²) >= 11 is 0. The van der Waals surface area contributed by atoms with Crippen LogP contribution in [0.1, 0.15) is 63.9 Å². The standard InChI is InChI=1S/C57H44N4/c1-5-15-39(16-6-1)40-25-31-45(32-26-40)53-37-52(44-19-9-3-10-20-44)59-57(60-53)48-35-29-42(30-36-48)41-27-33-46(34-28-41)54-49-23-13-14-24-50(49)56-51(43-17-7-2-8-18-43)38-58-61(56)55(54)47-21-11-4-12-22-47/h1-13,15-23,25-33,35-38,46,57,60H,14,24,34H2. The fourth-order valence-electron chi connectivity index (χ4n) is 9.30. The van der Waals surface area contributed by atoms with E-state index in [-0.39, 0.29) is 12.1 Å². The summed E-state index contributed by atoms with van der Waals surface area (Å²) in [6, 6.07) is 60.3. The van der Waals surface area contributed by atoms with Gasteiger partial charge in [-0.1, -0.05) is 200 Å². The third-order valence-corrected chi connectivity index (χ3v) is 12.4. The van der Waals surface area contributed by atoms with E-state index >= 15 is 0 Å². The molecule has 3 aliphatic rings. The van der Waals surface area contributed by atoms with E-state index < -0.39 is 0 Å². The second-order valence-corrected chi connectivity index (χ2v) is 16.1. The van der Waals surface area contributed by atoms with Crippen molar-refractivity contribution in [3.8, 4) is 33.5 Å². The maximum atomic E-state index is 5.25. The van der Waals surface area contributed by atoms with E-state index in [9.17, 15) is 0 Å². The highest BCUT2D eigenvalue weighted by atomic mass is 15.2. The van der Waals surface area contributed by atoms with Crippen LogP contribution in [-0.2, 0) is 6.42 Å². The third-order valence-electron chi connectivity index (χ3n) is 12.4. The van der Waals surface area contributed by atoms with E-state index in [1.807, 2.05) is 0 Å². The van der Waals surface area contributed by atoms with E-state index in [2.05, 4.69) is 222 Å². The molecule has 1 N–H and O–H groups in total. The van der Waals surface area contributed by atoms with Gasteiger partial charge in [-0.15, -0.1) is 0 Å². The maximum Gasteiger partial charge on any atom is 0.145 e. The Hall–Kier alpha value is -7.56. The van der Waals surface area contributed by atoms with Gasteiger partial charge in [0.2, 0.25) is 0 Å². The molecule has 0 bridgehead atoms. The molecule has 0 saturated carbocycles. The number of hydrogen-bond acceptors (Lipinski definition) is 3. The van der Waals surface area contributed by atoms with Gasteiger partial charge in [-0.05, 0) is 86.5 Å². The molecule has 2 aromatic heterocycles. The summed E-state index contributed by atoms with van der Waals surface area (Å²) in [6.45, 7) is 0. The fraction of sp³-hybridized carbons (Fsp3) is 0.0877. The van der Waals surface area contributed by atoms with Crippen LogP contribution in [0.5, 0.6) is 0 Å². The van der Waals surface area contributed by atoms with Crippen molar-refractivity contribution in [2.45, 2.75) is 31.3 Å². The van der Waals surface area contributed by atoms with Crippen molar-refractivity contribution in [3.63, 3.8) is 0 Å². The Morgan fingerprint density at radius 1 is 0.574 bits per heavy atom. The van der Waals surface area contributed by atoms with Crippen molar-refractivity contribution in [3.05, 3.63) is 245 Å². The molecule has 0 fully saturated rings. The van der Waals surface area contributed by atoms with Gasteiger partial charge in [0.05, 0.1) is 23.1 Å². The summed E-state index contributed by atoms with van der Waals surface area (Å²) in [4.78, 5) is 5.25. The number of fused-ring (bicyclic) bond motifs is 3. The average Bonchev–Trinajstić information content (AvgIpc) is 3.80. The van der Waals surface area contributed by atoms with Gasteiger partial charge in [0.25, 0.3) is 0 Å². The summed E-state index contributed by atoms with van der Waals surface area (Å²) in [5, 5.41) is 8.91. The van der Waals surface area contributed by atoms with E-state index in [1.165, 1.54) is 66.9 Å². The molecule has 292 valence electrons. The number of allylic oxidation sites excluding steroid dienone is 6. The van der Waals surface area contributed by atoms with Gasteiger partial charge >= 0.3 is 0 Å². The summed E-state index contributed by atoms with van der Waals surface area (Å²) in [6.07, 6.45) is 18.8. The number of pyridine rings is 1. The predicted octanol–water partition coefficient (Wildman–Crippen LogP) is 13.6. The van der Waals surface area contributed by atoms with Crippen LogP contribution in [0.4, 0.5) is 0 Å². The molecule has 61 heavy (non-hydrogen) atoms. The zero-order valence-electron chi connectivity index (χ0n) is 33.8. The molecule has 3 heterocycles. The SMILES string of the molecule is C1=Cc2c(C3C=CC(c4ccc(C5N=C(c6ccccc6)C=C(c6ccc(-c7ccccc7)cc6)N5)cc4)=CC3)c(-c3ccccc3)n3ncc(-c4ccccc4)c3c2CC1. The molecule has 8 aromatic rings. The first-order chi connectivity index (χ1) is 30.2. The molecule has 2 atom stereocenters. The molecule has 2 unspecified atom stereocenters. The van der Waals surface area contributed by atoms with E-state index in [0.29, 0.717) is 0 Å². The summed E-state index contributed by atoms with van der Waals surface area (Å²) in [5.41, 5.74) is 20.3. The highest BCUT2D eigenvalue weighted by Crippen LogP contribution is 2.44. The van der Waals surface area contributed by atoms with Crippen LogP contribution in [0.25, 0.3) is 56.4 Å². The monoisotopic (exact) mass is 784 g/mol. The minimum atomic E-state index is -0.228. The highest BCUT2D eigenvalue weighted by Gasteiger charge is 2.28. The van der Waals surface area contributed by atoms with Gasteiger partial charge < -0.3 is 5.32 Å². The molecule has 0 amide bonds. The van der Waals surface area contributed by atoms with Crippen molar-refractivity contribution >= 4 is 28.6 Å². The molecular weight excluding hydrogens is 741 g/mol. The highest BCUT2D eigenvalue weighted by molar-refractivity contribution is 6.13.